The Morgan fingerprint density at radius 1 is 1.12 bits per heavy atom. The van der Waals surface area contributed by atoms with Gasteiger partial charge in [-0.2, -0.15) is 0 Å². The molecule has 1 aromatic heterocycles. The summed E-state index contributed by atoms with van der Waals surface area (Å²) in [6, 6.07) is 13.1. The Morgan fingerprint density at radius 2 is 1.84 bits per heavy atom. The standard InChI is InChI=1S/C18H15NO4.C2H6/c1-19-9-13(12-4-2-3-5-14(12)19)17(18(20)21)11-6-7-15-16(8-11)23-10-22-15;1-2/h2-9,17H,10H2,1H3,(H,20,21);1-2H3. The molecule has 0 saturated heterocycles. The average molecular weight is 339 g/mol. The molecule has 1 N–H and O–H groups in total. The van der Waals surface area contributed by atoms with Crippen LogP contribution in [0.15, 0.2) is 48.7 Å². The van der Waals surface area contributed by atoms with Crippen LogP contribution < -0.4 is 9.47 Å². The van der Waals surface area contributed by atoms with Crippen molar-refractivity contribution >= 4 is 16.9 Å². The molecule has 2 heterocycles. The summed E-state index contributed by atoms with van der Waals surface area (Å²) in [5.74, 6) is -0.402. The van der Waals surface area contributed by atoms with Crippen LogP contribution in [-0.2, 0) is 11.8 Å². The highest BCUT2D eigenvalue weighted by molar-refractivity contribution is 5.92. The number of carboxylic acids is 1. The van der Waals surface area contributed by atoms with Gasteiger partial charge in [-0.25, -0.2) is 0 Å². The number of fused-ring (bicyclic) bond motifs is 2. The van der Waals surface area contributed by atoms with E-state index in [1.54, 1.807) is 18.2 Å². The first kappa shape index (κ1) is 16.9. The molecular formula is C20H21NO4. The Hall–Kier alpha value is -2.95. The summed E-state index contributed by atoms with van der Waals surface area (Å²) in [5.41, 5.74) is 2.46. The molecule has 1 aliphatic heterocycles. The van der Waals surface area contributed by atoms with Crippen LogP contribution in [0.3, 0.4) is 0 Å². The highest BCUT2D eigenvalue weighted by Crippen LogP contribution is 2.38. The van der Waals surface area contributed by atoms with Gasteiger partial charge in [-0.15, -0.1) is 0 Å². The molecule has 1 unspecified atom stereocenters. The quantitative estimate of drug-likeness (QED) is 0.779. The van der Waals surface area contributed by atoms with E-state index in [4.69, 9.17) is 9.47 Å². The average Bonchev–Trinajstić information content (AvgIpc) is 3.22. The second-order valence-corrected chi connectivity index (χ2v) is 5.60. The van der Waals surface area contributed by atoms with Gasteiger partial charge in [-0.3, -0.25) is 4.79 Å². The molecule has 5 heteroatoms. The number of hydrogen-bond acceptors (Lipinski definition) is 3. The van der Waals surface area contributed by atoms with Gasteiger partial charge in [-0.1, -0.05) is 38.1 Å². The lowest BCUT2D eigenvalue weighted by Crippen LogP contribution is -2.12. The third-order valence-corrected chi connectivity index (χ3v) is 4.22. The fraction of sp³-hybridized carbons (Fsp3) is 0.250. The van der Waals surface area contributed by atoms with E-state index >= 15 is 0 Å². The number of aryl methyl sites for hydroxylation is 1. The van der Waals surface area contributed by atoms with E-state index in [1.807, 2.05) is 55.9 Å². The van der Waals surface area contributed by atoms with Crippen LogP contribution in [0.25, 0.3) is 10.9 Å². The first-order valence-corrected chi connectivity index (χ1v) is 8.31. The molecule has 1 aliphatic rings. The molecule has 1 atom stereocenters. The number of ether oxygens (including phenoxy) is 2. The Kier molecular flexibility index (Phi) is 4.65. The van der Waals surface area contributed by atoms with Crippen LogP contribution >= 0.6 is 0 Å². The molecular weight excluding hydrogens is 318 g/mol. The van der Waals surface area contributed by atoms with Crippen LogP contribution in [0.1, 0.15) is 30.9 Å². The number of hydrogen-bond donors (Lipinski definition) is 1. The van der Waals surface area contributed by atoms with Crippen molar-refractivity contribution in [1.29, 1.82) is 0 Å². The molecule has 0 fully saturated rings. The van der Waals surface area contributed by atoms with E-state index in [9.17, 15) is 9.90 Å². The summed E-state index contributed by atoms with van der Waals surface area (Å²) in [6.07, 6.45) is 1.88. The predicted octanol–water partition coefficient (Wildman–Crippen LogP) is 4.15. The molecule has 0 aliphatic carbocycles. The Labute approximate surface area is 146 Å². The predicted molar refractivity (Wildman–Crippen MR) is 96.3 cm³/mol. The van der Waals surface area contributed by atoms with Gasteiger partial charge in [0.1, 0.15) is 5.92 Å². The van der Waals surface area contributed by atoms with E-state index in [1.165, 1.54) is 0 Å². The lowest BCUT2D eigenvalue weighted by molar-refractivity contribution is -0.137. The highest BCUT2D eigenvalue weighted by Gasteiger charge is 2.27. The SMILES string of the molecule is CC.Cn1cc(C(C(=O)O)c2ccc3c(c2)OCO3)c2ccccc21. The number of carboxylic acid groups (broad SMARTS) is 1. The van der Waals surface area contributed by atoms with E-state index < -0.39 is 11.9 Å². The van der Waals surface area contributed by atoms with Crippen molar-refractivity contribution in [2.45, 2.75) is 19.8 Å². The largest absolute Gasteiger partial charge is 0.481 e. The van der Waals surface area contributed by atoms with Gasteiger partial charge in [0.25, 0.3) is 0 Å². The maximum absolute atomic E-state index is 12.0. The van der Waals surface area contributed by atoms with Crippen LogP contribution in [0.5, 0.6) is 11.5 Å². The fourth-order valence-corrected chi connectivity index (χ4v) is 3.15. The van der Waals surface area contributed by atoms with Crippen molar-refractivity contribution in [3.63, 3.8) is 0 Å². The third-order valence-electron chi connectivity index (χ3n) is 4.22. The van der Waals surface area contributed by atoms with Crippen LogP contribution in [0, 0.1) is 0 Å². The molecule has 0 radical (unpaired) electrons. The second kappa shape index (κ2) is 6.89. The number of aliphatic carboxylic acids is 1. The zero-order valence-corrected chi connectivity index (χ0v) is 14.5. The van der Waals surface area contributed by atoms with E-state index in [-0.39, 0.29) is 6.79 Å². The number of aromatic nitrogens is 1. The van der Waals surface area contributed by atoms with Crippen molar-refractivity contribution in [3.05, 3.63) is 59.8 Å². The molecule has 0 amide bonds. The molecule has 2 aromatic carbocycles. The summed E-state index contributed by atoms with van der Waals surface area (Å²) in [6.45, 7) is 4.17. The minimum Gasteiger partial charge on any atom is -0.481 e. The van der Waals surface area contributed by atoms with E-state index in [2.05, 4.69) is 0 Å². The van der Waals surface area contributed by atoms with Gasteiger partial charge < -0.3 is 19.1 Å². The molecule has 25 heavy (non-hydrogen) atoms. The number of benzene rings is 2. The zero-order chi connectivity index (χ0) is 18.0. The fourth-order valence-electron chi connectivity index (χ4n) is 3.15. The van der Waals surface area contributed by atoms with Gasteiger partial charge in [0.05, 0.1) is 0 Å². The van der Waals surface area contributed by atoms with Gasteiger partial charge in [0.15, 0.2) is 11.5 Å². The summed E-state index contributed by atoms with van der Waals surface area (Å²) < 4.78 is 12.6. The zero-order valence-electron chi connectivity index (χ0n) is 14.5. The molecule has 4 rings (SSSR count). The third kappa shape index (κ3) is 2.93. The van der Waals surface area contributed by atoms with Crippen molar-refractivity contribution < 1.29 is 19.4 Å². The Morgan fingerprint density at radius 3 is 2.60 bits per heavy atom. The van der Waals surface area contributed by atoms with E-state index in [0.29, 0.717) is 17.1 Å². The van der Waals surface area contributed by atoms with E-state index in [0.717, 1.165) is 16.5 Å². The maximum atomic E-state index is 12.0. The normalized spacial score (nSPS) is 13.2. The van der Waals surface area contributed by atoms with Crippen molar-refractivity contribution in [2.24, 2.45) is 7.05 Å². The van der Waals surface area contributed by atoms with Gasteiger partial charge in [-0.05, 0) is 29.3 Å². The minimum atomic E-state index is -0.889. The van der Waals surface area contributed by atoms with Gasteiger partial charge in [0, 0.05) is 24.1 Å². The van der Waals surface area contributed by atoms with Gasteiger partial charge >= 0.3 is 5.97 Å². The first-order valence-electron chi connectivity index (χ1n) is 8.31. The topological polar surface area (TPSA) is 60.7 Å². The Bertz CT molecular complexity index is 913. The molecule has 5 nitrogen and oxygen atoms in total. The first-order chi connectivity index (χ1) is 12.1. The Balaban J connectivity index is 0.000000880. The highest BCUT2D eigenvalue weighted by atomic mass is 16.7. The lowest BCUT2D eigenvalue weighted by Gasteiger charge is -2.13. The van der Waals surface area contributed by atoms with Crippen LogP contribution in [-0.4, -0.2) is 22.4 Å². The second-order valence-electron chi connectivity index (χ2n) is 5.60. The molecule has 0 spiro atoms. The molecule has 130 valence electrons. The summed E-state index contributed by atoms with van der Waals surface area (Å²) in [7, 11) is 1.92. The molecule has 0 bridgehead atoms. The van der Waals surface area contributed by atoms with Crippen molar-refractivity contribution in [2.75, 3.05) is 6.79 Å². The summed E-state index contributed by atoms with van der Waals surface area (Å²) in [5, 5.41) is 10.8. The summed E-state index contributed by atoms with van der Waals surface area (Å²) >= 11 is 0. The van der Waals surface area contributed by atoms with Crippen LogP contribution in [0.2, 0.25) is 0 Å². The monoisotopic (exact) mass is 339 g/mol. The number of carbonyl (C=O) groups is 1. The maximum Gasteiger partial charge on any atom is 0.315 e. The minimum absolute atomic E-state index is 0.171. The number of para-hydroxylation sites is 1. The van der Waals surface area contributed by atoms with Crippen molar-refractivity contribution in [3.8, 4) is 11.5 Å². The number of rotatable bonds is 3. The molecule has 0 saturated carbocycles. The summed E-state index contributed by atoms with van der Waals surface area (Å²) in [4.78, 5) is 12.0. The smallest absolute Gasteiger partial charge is 0.315 e. The van der Waals surface area contributed by atoms with Gasteiger partial charge in [0.2, 0.25) is 6.79 Å². The lowest BCUT2D eigenvalue weighted by atomic mass is 9.91. The van der Waals surface area contributed by atoms with Crippen molar-refractivity contribution in [1.82, 2.24) is 4.57 Å². The number of nitrogens with zero attached hydrogens (tertiary/aromatic N) is 1. The molecule has 3 aromatic rings. The van der Waals surface area contributed by atoms with Crippen LogP contribution in [0.4, 0.5) is 0 Å².